The van der Waals surface area contributed by atoms with E-state index in [0.29, 0.717) is 0 Å². The molecule has 1 saturated carbocycles. The first-order valence-corrected chi connectivity index (χ1v) is 7.31. The van der Waals surface area contributed by atoms with Crippen LogP contribution in [-0.2, 0) is 6.42 Å². The second-order valence-electron chi connectivity index (χ2n) is 4.98. The fourth-order valence-electron chi connectivity index (χ4n) is 2.36. The molecule has 1 aliphatic rings. The van der Waals surface area contributed by atoms with Gasteiger partial charge in [0.1, 0.15) is 5.84 Å². The Bertz CT molecular complexity index is 403. The van der Waals surface area contributed by atoms with Gasteiger partial charge in [0.2, 0.25) is 0 Å². The predicted molar refractivity (Wildman–Crippen MR) is 86.1 cm³/mol. The Kier molecular flexibility index (Phi) is 7.34. The van der Waals surface area contributed by atoms with Crippen molar-refractivity contribution in [1.82, 2.24) is 0 Å². The standard InChI is InChI=1S/C12H16S.C4H8N2/c13-12-7-5-11(6-8-12)9-10-3-1-2-4-10;1-2-3-4(5)6/h5-8,10,13H,1-4,9H2;2-3H,1H3,(H3,5,6)/b;3-2+. The van der Waals surface area contributed by atoms with E-state index in [1.165, 1.54) is 43.7 Å². The highest BCUT2D eigenvalue weighted by Gasteiger charge is 2.14. The number of hydrogen-bond donors (Lipinski definition) is 3. The van der Waals surface area contributed by atoms with Crippen LogP contribution in [0.5, 0.6) is 0 Å². The van der Waals surface area contributed by atoms with Crippen LogP contribution in [-0.4, -0.2) is 5.84 Å². The van der Waals surface area contributed by atoms with E-state index in [9.17, 15) is 0 Å². The highest BCUT2D eigenvalue weighted by atomic mass is 32.1. The molecule has 0 unspecified atom stereocenters. The number of nitrogens with one attached hydrogen (secondary N) is 1. The molecule has 19 heavy (non-hydrogen) atoms. The lowest BCUT2D eigenvalue weighted by molar-refractivity contribution is 0.546. The van der Waals surface area contributed by atoms with Crippen LogP contribution in [0.3, 0.4) is 0 Å². The normalized spacial score (nSPS) is 15.3. The first-order chi connectivity index (χ1) is 9.11. The number of benzene rings is 1. The number of rotatable bonds is 3. The van der Waals surface area contributed by atoms with Crippen molar-refractivity contribution in [3.8, 4) is 0 Å². The third kappa shape index (κ3) is 7.06. The monoisotopic (exact) mass is 276 g/mol. The quantitative estimate of drug-likeness (QED) is 0.432. The molecule has 1 fully saturated rings. The topological polar surface area (TPSA) is 49.9 Å². The zero-order valence-electron chi connectivity index (χ0n) is 11.6. The van der Waals surface area contributed by atoms with Gasteiger partial charge in [0.15, 0.2) is 0 Å². The first-order valence-electron chi connectivity index (χ1n) is 6.86. The maximum absolute atomic E-state index is 6.59. The third-order valence-electron chi connectivity index (χ3n) is 3.28. The van der Waals surface area contributed by atoms with Crippen molar-refractivity contribution in [3.63, 3.8) is 0 Å². The Balaban J connectivity index is 0.000000258. The molecule has 0 aromatic heterocycles. The van der Waals surface area contributed by atoms with Crippen molar-refractivity contribution >= 4 is 18.5 Å². The molecule has 0 radical (unpaired) electrons. The van der Waals surface area contributed by atoms with E-state index >= 15 is 0 Å². The summed E-state index contributed by atoms with van der Waals surface area (Å²) in [5.74, 6) is 1.06. The van der Waals surface area contributed by atoms with Gasteiger partial charge in [-0.15, -0.1) is 12.6 Å². The molecule has 1 aromatic carbocycles. The minimum absolute atomic E-state index is 0.109. The van der Waals surface area contributed by atoms with Gasteiger partial charge in [-0.2, -0.15) is 0 Å². The number of nitrogens with two attached hydrogens (primary N) is 1. The summed E-state index contributed by atoms with van der Waals surface area (Å²) in [6.45, 7) is 1.82. The zero-order chi connectivity index (χ0) is 14.1. The van der Waals surface area contributed by atoms with Gasteiger partial charge in [0.05, 0.1) is 0 Å². The van der Waals surface area contributed by atoms with Gasteiger partial charge in [0, 0.05) is 4.90 Å². The maximum atomic E-state index is 6.59. The van der Waals surface area contributed by atoms with E-state index in [0.717, 1.165) is 10.8 Å². The maximum Gasteiger partial charge on any atom is 0.114 e. The van der Waals surface area contributed by atoms with Crippen molar-refractivity contribution in [1.29, 1.82) is 5.41 Å². The molecule has 104 valence electrons. The molecular weight excluding hydrogens is 252 g/mol. The Morgan fingerprint density at radius 3 is 2.32 bits per heavy atom. The van der Waals surface area contributed by atoms with Gasteiger partial charge < -0.3 is 5.73 Å². The van der Waals surface area contributed by atoms with Crippen LogP contribution >= 0.6 is 12.6 Å². The number of hydrogen-bond acceptors (Lipinski definition) is 2. The van der Waals surface area contributed by atoms with E-state index in [2.05, 4.69) is 36.9 Å². The summed E-state index contributed by atoms with van der Waals surface area (Å²) in [7, 11) is 0. The molecule has 0 atom stereocenters. The van der Waals surface area contributed by atoms with Crippen molar-refractivity contribution in [3.05, 3.63) is 42.0 Å². The summed E-state index contributed by atoms with van der Waals surface area (Å²) < 4.78 is 0. The summed E-state index contributed by atoms with van der Waals surface area (Å²) in [5, 5.41) is 6.59. The lowest BCUT2D eigenvalue weighted by Crippen LogP contribution is -2.03. The minimum Gasteiger partial charge on any atom is -0.384 e. The minimum atomic E-state index is 0.109. The Morgan fingerprint density at radius 1 is 1.32 bits per heavy atom. The average Bonchev–Trinajstić information content (AvgIpc) is 2.86. The molecule has 1 aromatic rings. The number of allylic oxidation sites excluding steroid dienone is 1. The summed E-state index contributed by atoms with van der Waals surface area (Å²) in [4.78, 5) is 1.06. The second-order valence-corrected chi connectivity index (χ2v) is 5.49. The molecule has 0 saturated heterocycles. The van der Waals surface area contributed by atoms with Gasteiger partial charge >= 0.3 is 0 Å². The summed E-state index contributed by atoms with van der Waals surface area (Å²) in [6, 6.07) is 8.60. The number of thiol groups is 1. The highest BCUT2D eigenvalue weighted by Crippen LogP contribution is 2.28. The van der Waals surface area contributed by atoms with Gasteiger partial charge in [-0.25, -0.2) is 0 Å². The SMILES string of the molecule is C/C=C/C(=N)N.Sc1ccc(CC2CCCC2)cc1. The molecule has 3 N–H and O–H groups in total. The van der Waals surface area contributed by atoms with Gasteiger partial charge in [-0.1, -0.05) is 43.9 Å². The van der Waals surface area contributed by atoms with E-state index in [-0.39, 0.29) is 5.84 Å². The molecule has 0 amide bonds. The van der Waals surface area contributed by atoms with E-state index in [1.807, 2.05) is 6.92 Å². The van der Waals surface area contributed by atoms with Crippen LogP contribution < -0.4 is 5.73 Å². The lowest BCUT2D eigenvalue weighted by Gasteiger charge is -2.08. The van der Waals surface area contributed by atoms with Crippen LogP contribution in [0.2, 0.25) is 0 Å². The zero-order valence-corrected chi connectivity index (χ0v) is 12.5. The van der Waals surface area contributed by atoms with Crippen LogP contribution in [0.1, 0.15) is 38.2 Å². The second kappa shape index (κ2) is 8.81. The fraction of sp³-hybridized carbons (Fsp3) is 0.438. The summed E-state index contributed by atoms with van der Waals surface area (Å²) >= 11 is 4.28. The van der Waals surface area contributed by atoms with Crippen LogP contribution in [0.15, 0.2) is 41.3 Å². The summed E-state index contributed by atoms with van der Waals surface area (Å²) in [5.41, 5.74) is 6.38. The molecule has 2 nitrogen and oxygen atoms in total. The molecule has 0 aliphatic heterocycles. The molecule has 3 heteroatoms. The molecule has 0 bridgehead atoms. The van der Waals surface area contributed by atoms with E-state index in [4.69, 9.17) is 11.1 Å². The van der Waals surface area contributed by atoms with Crippen molar-refractivity contribution in [2.75, 3.05) is 0 Å². The molecule has 0 heterocycles. The fourth-order valence-corrected chi connectivity index (χ4v) is 2.51. The van der Waals surface area contributed by atoms with Crippen LogP contribution in [0.25, 0.3) is 0 Å². The van der Waals surface area contributed by atoms with Crippen LogP contribution in [0.4, 0.5) is 0 Å². The van der Waals surface area contributed by atoms with Gasteiger partial charge in [0.25, 0.3) is 0 Å². The number of amidine groups is 1. The Hall–Kier alpha value is -1.22. The molecular formula is C16H24N2S. The first kappa shape index (κ1) is 15.8. The van der Waals surface area contributed by atoms with Crippen molar-refractivity contribution in [2.24, 2.45) is 11.7 Å². The third-order valence-corrected chi connectivity index (χ3v) is 3.58. The van der Waals surface area contributed by atoms with Crippen molar-refractivity contribution < 1.29 is 0 Å². The smallest absolute Gasteiger partial charge is 0.114 e. The lowest BCUT2D eigenvalue weighted by atomic mass is 9.98. The predicted octanol–water partition coefficient (Wildman–Crippen LogP) is 4.21. The Labute approximate surface area is 122 Å². The Morgan fingerprint density at radius 2 is 1.89 bits per heavy atom. The molecule has 2 rings (SSSR count). The van der Waals surface area contributed by atoms with E-state index < -0.39 is 0 Å². The average molecular weight is 276 g/mol. The summed E-state index contributed by atoms with van der Waals surface area (Å²) in [6.07, 6.45) is 10.3. The van der Waals surface area contributed by atoms with Gasteiger partial charge in [-0.3, -0.25) is 5.41 Å². The largest absolute Gasteiger partial charge is 0.384 e. The van der Waals surface area contributed by atoms with Gasteiger partial charge in [-0.05, 0) is 43.0 Å². The van der Waals surface area contributed by atoms with Crippen LogP contribution in [0, 0.1) is 11.3 Å². The van der Waals surface area contributed by atoms with Crippen molar-refractivity contribution in [2.45, 2.75) is 43.9 Å². The highest BCUT2D eigenvalue weighted by molar-refractivity contribution is 7.80. The molecule has 1 aliphatic carbocycles. The molecule has 0 spiro atoms. The van der Waals surface area contributed by atoms with E-state index in [1.54, 1.807) is 6.08 Å².